The lowest BCUT2D eigenvalue weighted by Crippen LogP contribution is -2.06. The van der Waals surface area contributed by atoms with Crippen LogP contribution in [0, 0.1) is 11.6 Å². The summed E-state index contributed by atoms with van der Waals surface area (Å²) in [6.45, 7) is 1.93. The summed E-state index contributed by atoms with van der Waals surface area (Å²) >= 11 is 5.49. The second-order valence-electron chi connectivity index (χ2n) is 5.03. The molecule has 1 heterocycles. The predicted molar refractivity (Wildman–Crippen MR) is 75.0 cm³/mol. The zero-order valence-electron chi connectivity index (χ0n) is 11.1. The molecular formula is C16H11ClF2O2. The van der Waals surface area contributed by atoms with Crippen molar-refractivity contribution in [1.29, 1.82) is 0 Å². The Bertz CT molecular complexity index is 743. The van der Waals surface area contributed by atoms with Crippen molar-refractivity contribution in [3.05, 3.63) is 63.7 Å². The van der Waals surface area contributed by atoms with E-state index in [0.717, 1.165) is 23.4 Å². The summed E-state index contributed by atoms with van der Waals surface area (Å²) < 4.78 is 32.8. The maximum absolute atomic E-state index is 13.8. The van der Waals surface area contributed by atoms with Gasteiger partial charge in [-0.2, -0.15) is 0 Å². The largest absolute Gasteiger partial charge is 0.490 e. The minimum absolute atomic E-state index is 0.0510. The average Bonchev–Trinajstić information content (AvgIpc) is 2.81. The van der Waals surface area contributed by atoms with Gasteiger partial charge in [0.1, 0.15) is 23.5 Å². The Morgan fingerprint density at radius 3 is 2.76 bits per heavy atom. The number of ketones is 1. The smallest absolute Gasteiger partial charge is 0.196 e. The molecule has 108 valence electrons. The van der Waals surface area contributed by atoms with Crippen molar-refractivity contribution in [3.63, 3.8) is 0 Å². The topological polar surface area (TPSA) is 26.3 Å². The van der Waals surface area contributed by atoms with Crippen LogP contribution >= 0.6 is 11.6 Å². The van der Waals surface area contributed by atoms with Gasteiger partial charge in [0.25, 0.3) is 0 Å². The highest BCUT2D eigenvalue weighted by Gasteiger charge is 2.22. The van der Waals surface area contributed by atoms with E-state index in [1.165, 1.54) is 0 Å². The third-order valence-corrected chi connectivity index (χ3v) is 3.70. The van der Waals surface area contributed by atoms with E-state index in [4.69, 9.17) is 16.3 Å². The number of halogens is 3. The quantitative estimate of drug-likeness (QED) is 0.615. The molecular weight excluding hydrogens is 298 g/mol. The fourth-order valence-corrected chi connectivity index (χ4v) is 2.57. The number of benzene rings is 2. The number of carbonyl (C=O) groups excluding carboxylic acids is 1. The van der Waals surface area contributed by atoms with Crippen LogP contribution in [0.2, 0.25) is 5.02 Å². The Morgan fingerprint density at radius 1 is 1.24 bits per heavy atom. The SMILES string of the molecule is CC1Cc2cc(C(=O)c3cc(F)c(Cl)cc3F)ccc2O1. The molecule has 2 nitrogen and oxygen atoms in total. The highest BCUT2D eigenvalue weighted by Crippen LogP contribution is 2.30. The Labute approximate surface area is 125 Å². The van der Waals surface area contributed by atoms with Gasteiger partial charge < -0.3 is 4.74 Å². The molecule has 21 heavy (non-hydrogen) atoms. The van der Waals surface area contributed by atoms with E-state index in [0.29, 0.717) is 12.0 Å². The Morgan fingerprint density at radius 2 is 2.00 bits per heavy atom. The molecule has 1 aliphatic rings. The highest BCUT2D eigenvalue weighted by atomic mass is 35.5. The van der Waals surface area contributed by atoms with Gasteiger partial charge in [0, 0.05) is 12.0 Å². The van der Waals surface area contributed by atoms with Crippen LogP contribution in [0.15, 0.2) is 30.3 Å². The van der Waals surface area contributed by atoms with Crippen molar-refractivity contribution in [1.82, 2.24) is 0 Å². The fourth-order valence-electron chi connectivity index (χ4n) is 2.42. The number of rotatable bonds is 2. The van der Waals surface area contributed by atoms with Gasteiger partial charge >= 0.3 is 0 Å². The first-order chi connectivity index (χ1) is 9.95. The fraction of sp³-hybridized carbons (Fsp3) is 0.188. The van der Waals surface area contributed by atoms with Crippen LogP contribution in [0.5, 0.6) is 5.75 Å². The Balaban J connectivity index is 2.00. The van der Waals surface area contributed by atoms with Crippen LogP contribution in [0.3, 0.4) is 0 Å². The van der Waals surface area contributed by atoms with E-state index < -0.39 is 17.4 Å². The summed E-state index contributed by atoms with van der Waals surface area (Å²) in [7, 11) is 0. The average molecular weight is 309 g/mol. The molecule has 2 aromatic carbocycles. The van der Waals surface area contributed by atoms with Gasteiger partial charge in [0.15, 0.2) is 5.78 Å². The van der Waals surface area contributed by atoms with E-state index in [-0.39, 0.29) is 16.7 Å². The highest BCUT2D eigenvalue weighted by molar-refractivity contribution is 6.30. The Hall–Kier alpha value is -1.94. The van der Waals surface area contributed by atoms with E-state index in [9.17, 15) is 13.6 Å². The zero-order valence-corrected chi connectivity index (χ0v) is 11.9. The molecule has 3 rings (SSSR count). The standard InChI is InChI=1S/C16H11ClF2O2/c1-8-4-10-5-9(2-3-15(10)21-8)16(20)11-6-14(19)12(17)7-13(11)18/h2-3,5-8H,4H2,1H3. The normalized spacial score (nSPS) is 16.5. The van der Waals surface area contributed by atoms with E-state index in [2.05, 4.69) is 0 Å². The molecule has 0 amide bonds. The van der Waals surface area contributed by atoms with Crippen LogP contribution in [0.4, 0.5) is 8.78 Å². The lowest BCUT2D eigenvalue weighted by molar-refractivity contribution is 0.103. The molecule has 0 saturated heterocycles. The Kier molecular flexibility index (Phi) is 3.41. The molecule has 1 atom stereocenters. The molecule has 0 saturated carbocycles. The molecule has 2 aromatic rings. The summed E-state index contributed by atoms with van der Waals surface area (Å²) in [6.07, 6.45) is 0.739. The van der Waals surface area contributed by atoms with Crippen LogP contribution in [0.25, 0.3) is 0 Å². The van der Waals surface area contributed by atoms with Crippen molar-refractivity contribution in [3.8, 4) is 5.75 Å². The van der Waals surface area contributed by atoms with E-state index in [1.807, 2.05) is 6.92 Å². The monoisotopic (exact) mass is 308 g/mol. The minimum Gasteiger partial charge on any atom is -0.490 e. The molecule has 1 unspecified atom stereocenters. The third-order valence-electron chi connectivity index (χ3n) is 3.41. The molecule has 0 aliphatic carbocycles. The lowest BCUT2D eigenvalue weighted by atomic mass is 9.99. The lowest BCUT2D eigenvalue weighted by Gasteiger charge is -2.06. The number of hydrogen-bond donors (Lipinski definition) is 0. The van der Waals surface area contributed by atoms with E-state index in [1.54, 1.807) is 18.2 Å². The summed E-state index contributed by atoms with van der Waals surface area (Å²) in [5.41, 5.74) is 0.860. The summed E-state index contributed by atoms with van der Waals surface area (Å²) in [4.78, 5) is 12.3. The second-order valence-corrected chi connectivity index (χ2v) is 5.44. The maximum Gasteiger partial charge on any atom is 0.196 e. The first-order valence-corrected chi connectivity index (χ1v) is 6.82. The van der Waals surface area contributed by atoms with Gasteiger partial charge in [-0.1, -0.05) is 11.6 Å². The number of hydrogen-bond acceptors (Lipinski definition) is 2. The number of carbonyl (C=O) groups is 1. The second kappa shape index (κ2) is 5.11. The first-order valence-electron chi connectivity index (χ1n) is 6.44. The number of fused-ring (bicyclic) bond motifs is 1. The minimum atomic E-state index is -0.837. The third kappa shape index (κ3) is 2.51. The molecule has 5 heteroatoms. The van der Waals surface area contributed by atoms with Gasteiger partial charge in [-0.05, 0) is 42.8 Å². The molecule has 0 N–H and O–H groups in total. The summed E-state index contributed by atoms with van der Waals surface area (Å²) in [6, 6.07) is 6.52. The molecule has 0 aromatic heterocycles. The van der Waals surface area contributed by atoms with Crippen molar-refractivity contribution in [2.24, 2.45) is 0 Å². The molecule has 0 radical (unpaired) electrons. The van der Waals surface area contributed by atoms with Gasteiger partial charge in [-0.25, -0.2) is 8.78 Å². The van der Waals surface area contributed by atoms with Crippen LogP contribution in [0.1, 0.15) is 28.4 Å². The zero-order chi connectivity index (χ0) is 15.1. The van der Waals surface area contributed by atoms with Crippen molar-refractivity contribution in [2.45, 2.75) is 19.4 Å². The number of ether oxygens (including phenoxy) is 1. The molecule has 0 bridgehead atoms. The molecule has 0 fully saturated rings. The van der Waals surface area contributed by atoms with Gasteiger partial charge in [-0.15, -0.1) is 0 Å². The van der Waals surface area contributed by atoms with Crippen molar-refractivity contribution < 1.29 is 18.3 Å². The summed E-state index contributed by atoms with van der Waals surface area (Å²) in [5.74, 6) is -1.51. The first kappa shape index (κ1) is 14.0. The van der Waals surface area contributed by atoms with Crippen LogP contribution in [-0.4, -0.2) is 11.9 Å². The molecule has 1 aliphatic heterocycles. The summed E-state index contributed by atoms with van der Waals surface area (Å²) in [5, 5.41) is -0.347. The van der Waals surface area contributed by atoms with Crippen molar-refractivity contribution >= 4 is 17.4 Å². The van der Waals surface area contributed by atoms with Crippen molar-refractivity contribution in [2.75, 3.05) is 0 Å². The van der Waals surface area contributed by atoms with Crippen LogP contribution in [-0.2, 0) is 6.42 Å². The van der Waals surface area contributed by atoms with Gasteiger partial charge in [-0.3, -0.25) is 4.79 Å². The van der Waals surface area contributed by atoms with E-state index >= 15 is 0 Å². The maximum atomic E-state index is 13.8. The van der Waals surface area contributed by atoms with Crippen LogP contribution < -0.4 is 4.74 Å². The van der Waals surface area contributed by atoms with Gasteiger partial charge in [0.2, 0.25) is 0 Å². The van der Waals surface area contributed by atoms with Gasteiger partial charge in [0.05, 0.1) is 10.6 Å². The predicted octanol–water partition coefficient (Wildman–Crippen LogP) is 4.17. The molecule has 0 spiro atoms.